The Kier molecular flexibility index (Phi) is 6.66. The summed E-state index contributed by atoms with van der Waals surface area (Å²) < 4.78 is 5.62. The van der Waals surface area contributed by atoms with Gasteiger partial charge >= 0.3 is 0 Å². The quantitative estimate of drug-likeness (QED) is 0.262. The van der Waals surface area contributed by atoms with Crippen LogP contribution in [0.25, 0.3) is 6.08 Å². The number of nitro groups is 1. The van der Waals surface area contributed by atoms with Gasteiger partial charge in [0.25, 0.3) is 16.8 Å². The molecule has 8 heteroatoms. The SMILES string of the molecule is CCCCOc1ccc(/C=C2\SC(=O)N(Cc3ccc([N+](=O)[O-])cc3)C2=O)cc1. The van der Waals surface area contributed by atoms with Crippen molar-refractivity contribution in [2.45, 2.75) is 26.3 Å². The van der Waals surface area contributed by atoms with Crippen LogP contribution >= 0.6 is 11.8 Å². The summed E-state index contributed by atoms with van der Waals surface area (Å²) in [5, 5.41) is 10.4. The van der Waals surface area contributed by atoms with Gasteiger partial charge in [-0.2, -0.15) is 0 Å². The molecular formula is C21H20N2O5S. The topological polar surface area (TPSA) is 89.8 Å². The van der Waals surface area contributed by atoms with Gasteiger partial charge in [0, 0.05) is 12.1 Å². The monoisotopic (exact) mass is 412 g/mol. The van der Waals surface area contributed by atoms with E-state index in [4.69, 9.17) is 4.74 Å². The molecule has 2 amide bonds. The van der Waals surface area contributed by atoms with Gasteiger partial charge in [-0.25, -0.2) is 0 Å². The van der Waals surface area contributed by atoms with Crippen LogP contribution in [0.4, 0.5) is 10.5 Å². The summed E-state index contributed by atoms with van der Waals surface area (Å²) in [5.74, 6) is 0.392. The number of thioether (sulfide) groups is 1. The number of carbonyl (C=O) groups is 2. The Bertz CT molecular complexity index is 939. The van der Waals surface area contributed by atoms with E-state index in [9.17, 15) is 19.7 Å². The van der Waals surface area contributed by atoms with E-state index in [0.717, 1.165) is 40.8 Å². The highest BCUT2D eigenvalue weighted by atomic mass is 32.2. The van der Waals surface area contributed by atoms with Crippen molar-refractivity contribution in [3.8, 4) is 5.75 Å². The first-order valence-electron chi connectivity index (χ1n) is 9.19. The third-order valence-electron chi connectivity index (χ3n) is 4.31. The molecule has 1 heterocycles. The molecule has 0 unspecified atom stereocenters. The average Bonchev–Trinajstić information content (AvgIpc) is 2.97. The van der Waals surface area contributed by atoms with Crippen LogP contribution < -0.4 is 4.74 Å². The van der Waals surface area contributed by atoms with Gasteiger partial charge < -0.3 is 4.74 Å². The number of non-ortho nitro benzene ring substituents is 1. The zero-order valence-corrected chi connectivity index (χ0v) is 16.7. The molecule has 1 aliphatic heterocycles. The fraction of sp³-hybridized carbons (Fsp3) is 0.238. The third kappa shape index (κ3) is 5.23. The van der Waals surface area contributed by atoms with E-state index in [1.54, 1.807) is 18.2 Å². The van der Waals surface area contributed by atoms with E-state index in [0.29, 0.717) is 17.1 Å². The van der Waals surface area contributed by atoms with E-state index >= 15 is 0 Å². The first-order chi connectivity index (χ1) is 14.0. The summed E-state index contributed by atoms with van der Waals surface area (Å²) >= 11 is 0.884. The van der Waals surface area contributed by atoms with E-state index in [1.807, 2.05) is 24.3 Å². The van der Waals surface area contributed by atoms with Crippen LogP contribution in [-0.4, -0.2) is 27.6 Å². The maximum atomic E-state index is 12.6. The lowest BCUT2D eigenvalue weighted by atomic mass is 10.2. The Balaban J connectivity index is 1.67. The van der Waals surface area contributed by atoms with Crippen LogP contribution in [0.1, 0.15) is 30.9 Å². The molecule has 29 heavy (non-hydrogen) atoms. The lowest BCUT2D eigenvalue weighted by Gasteiger charge is -2.12. The van der Waals surface area contributed by atoms with Crippen LogP contribution in [0.3, 0.4) is 0 Å². The molecule has 0 radical (unpaired) electrons. The predicted octanol–water partition coefficient (Wildman–Crippen LogP) is 5.01. The summed E-state index contributed by atoms with van der Waals surface area (Å²) in [7, 11) is 0. The number of carbonyl (C=O) groups excluding carboxylic acids is 2. The molecule has 0 atom stereocenters. The van der Waals surface area contributed by atoms with E-state index in [2.05, 4.69) is 6.92 Å². The number of unbranched alkanes of at least 4 members (excludes halogenated alkanes) is 1. The normalized spacial score (nSPS) is 15.2. The second-order valence-electron chi connectivity index (χ2n) is 6.46. The number of ether oxygens (including phenoxy) is 1. The highest BCUT2D eigenvalue weighted by Gasteiger charge is 2.35. The van der Waals surface area contributed by atoms with Crippen LogP contribution in [0.15, 0.2) is 53.4 Å². The number of nitrogens with zero attached hydrogens (tertiary/aromatic N) is 2. The van der Waals surface area contributed by atoms with Crippen molar-refractivity contribution in [3.63, 3.8) is 0 Å². The summed E-state index contributed by atoms with van der Waals surface area (Å²) in [6.07, 6.45) is 3.73. The molecule has 0 aliphatic carbocycles. The first kappa shape index (κ1) is 20.6. The lowest BCUT2D eigenvalue weighted by Crippen LogP contribution is -2.27. The molecule has 0 spiro atoms. The van der Waals surface area contributed by atoms with Crippen molar-refractivity contribution in [3.05, 3.63) is 74.7 Å². The predicted molar refractivity (Wildman–Crippen MR) is 111 cm³/mol. The van der Waals surface area contributed by atoms with Crippen LogP contribution in [0, 0.1) is 10.1 Å². The van der Waals surface area contributed by atoms with Gasteiger partial charge in [0.1, 0.15) is 5.75 Å². The summed E-state index contributed by atoms with van der Waals surface area (Å²) in [5.41, 5.74) is 1.41. The molecule has 2 aromatic carbocycles. The van der Waals surface area contributed by atoms with Gasteiger partial charge in [0.15, 0.2) is 0 Å². The number of nitro benzene ring substituents is 1. The standard InChI is InChI=1S/C21H20N2O5S/c1-2-3-12-28-18-10-6-15(7-11-18)13-19-20(24)22(21(25)29-19)14-16-4-8-17(9-5-16)23(26)27/h4-11,13H,2-3,12,14H2,1H3/b19-13-. The molecule has 1 fully saturated rings. The molecule has 0 N–H and O–H groups in total. The van der Waals surface area contributed by atoms with Crippen molar-refractivity contribution >= 4 is 34.7 Å². The molecule has 2 aromatic rings. The van der Waals surface area contributed by atoms with Crippen molar-refractivity contribution in [2.75, 3.05) is 6.61 Å². The molecule has 7 nitrogen and oxygen atoms in total. The second kappa shape index (κ2) is 9.38. The Hall–Kier alpha value is -3.13. The van der Waals surface area contributed by atoms with Gasteiger partial charge in [-0.15, -0.1) is 0 Å². The summed E-state index contributed by atoms with van der Waals surface area (Å²) in [6, 6.07) is 13.1. The van der Waals surface area contributed by atoms with Crippen molar-refractivity contribution in [2.24, 2.45) is 0 Å². The van der Waals surface area contributed by atoms with Gasteiger partial charge in [0.05, 0.1) is 23.0 Å². The number of benzene rings is 2. The molecule has 0 aromatic heterocycles. The summed E-state index contributed by atoms with van der Waals surface area (Å²) in [6.45, 7) is 2.84. The molecule has 0 saturated carbocycles. The molecule has 3 rings (SSSR count). The number of hydrogen-bond acceptors (Lipinski definition) is 6. The minimum absolute atomic E-state index is 0.0371. The number of amides is 2. The zero-order chi connectivity index (χ0) is 20.8. The lowest BCUT2D eigenvalue weighted by molar-refractivity contribution is -0.384. The molecule has 150 valence electrons. The number of hydrogen-bond donors (Lipinski definition) is 0. The van der Waals surface area contributed by atoms with Crippen molar-refractivity contribution < 1.29 is 19.2 Å². The minimum atomic E-state index is -0.493. The Morgan fingerprint density at radius 1 is 1.10 bits per heavy atom. The van der Waals surface area contributed by atoms with Gasteiger partial charge in [-0.1, -0.05) is 37.6 Å². The van der Waals surface area contributed by atoms with E-state index in [1.165, 1.54) is 12.1 Å². The molecule has 0 bridgehead atoms. The van der Waals surface area contributed by atoms with Gasteiger partial charge in [-0.05, 0) is 47.5 Å². The maximum absolute atomic E-state index is 12.6. The largest absolute Gasteiger partial charge is 0.494 e. The zero-order valence-electron chi connectivity index (χ0n) is 15.9. The highest BCUT2D eigenvalue weighted by Crippen LogP contribution is 2.33. The summed E-state index contributed by atoms with van der Waals surface area (Å²) in [4.78, 5) is 36.6. The van der Waals surface area contributed by atoms with E-state index < -0.39 is 4.92 Å². The highest BCUT2D eigenvalue weighted by molar-refractivity contribution is 8.18. The fourth-order valence-corrected chi connectivity index (χ4v) is 3.53. The molecule has 1 aliphatic rings. The number of rotatable bonds is 8. The second-order valence-corrected chi connectivity index (χ2v) is 7.46. The van der Waals surface area contributed by atoms with Crippen LogP contribution in [0.2, 0.25) is 0 Å². The first-order valence-corrected chi connectivity index (χ1v) is 10.0. The Morgan fingerprint density at radius 3 is 2.41 bits per heavy atom. The van der Waals surface area contributed by atoms with Gasteiger partial charge in [0.2, 0.25) is 0 Å². The van der Waals surface area contributed by atoms with E-state index in [-0.39, 0.29) is 23.4 Å². The van der Waals surface area contributed by atoms with Gasteiger partial charge in [-0.3, -0.25) is 24.6 Å². The van der Waals surface area contributed by atoms with Crippen molar-refractivity contribution in [1.82, 2.24) is 4.90 Å². The molecular weight excluding hydrogens is 392 g/mol. The molecule has 1 saturated heterocycles. The number of imide groups is 1. The smallest absolute Gasteiger partial charge is 0.293 e. The Labute approximate surface area is 172 Å². The fourth-order valence-electron chi connectivity index (χ4n) is 2.69. The minimum Gasteiger partial charge on any atom is -0.494 e. The Morgan fingerprint density at radius 2 is 1.79 bits per heavy atom. The van der Waals surface area contributed by atoms with Crippen LogP contribution in [-0.2, 0) is 11.3 Å². The average molecular weight is 412 g/mol. The third-order valence-corrected chi connectivity index (χ3v) is 5.21. The van der Waals surface area contributed by atoms with Crippen LogP contribution in [0.5, 0.6) is 5.75 Å². The van der Waals surface area contributed by atoms with Crippen molar-refractivity contribution in [1.29, 1.82) is 0 Å². The maximum Gasteiger partial charge on any atom is 0.293 e.